The van der Waals surface area contributed by atoms with E-state index in [4.69, 9.17) is 9.26 Å². The Kier molecular flexibility index (Phi) is 5.77. The van der Waals surface area contributed by atoms with Gasteiger partial charge in [0.2, 0.25) is 5.82 Å². The Balaban J connectivity index is 1.37. The molecule has 0 aliphatic carbocycles. The highest BCUT2D eigenvalue weighted by atomic mass is 16.6. The maximum atomic E-state index is 11.9. The number of ether oxygens (including phenoxy) is 1. The second-order valence-electron chi connectivity index (χ2n) is 7.77. The van der Waals surface area contributed by atoms with Crippen LogP contribution in [-0.4, -0.2) is 53.3 Å². The lowest BCUT2D eigenvalue weighted by molar-refractivity contribution is -0.384. The summed E-state index contributed by atoms with van der Waals surface area (Å²) in [5.41, 5.74) is 2.85. The van der Waals surface area contributed by atoms with E-state index >= 15 is 0 Å². The molecule has 0 spiro atoms. The highest BCUT2D eigenvalue weighted by Crippen LogP contribution is 2.35. The van der Waals surface area contributed by atoms with E-state index in [-0.39, 0.29) is 16.5 Å². The first-order valence-electron chi connectivity index (χ1n) is 10.8. The van der Waals surface area contributed by atoms with Gasteiger partial charge in [0.15, 0.2) is 0 Å². The first-order chi connectivity index (χ1) is 16.6. The quantitative estimate of drug-likeness (QED) is 0.312. The van der Waals surface area contributed by atoms with Gasteiger partial charge in [-0.2, -0.15) is 4.98 Å². The van der Waals surface area contributed by atoms with Gasteiger partial charge in [-0.1, -0.05) is 17.3 Å². The molecule has 1 aliphatic heterocycles. The van der Waals surface area contributed by atoms with E-state index in [9.17, 15) is 10.1 Å². The fourth-order valence-electron chi connectivity index (χ4n) is 4.11. The molecule has 2 aromatic carbocycles. The first kappa shape index (κ1) is 21.4. The van der Waals surface area contributed by atoms with Crippen molar-refractivity contribution in [3.05, 3.63) is 77.1 Å². The maximum absolute atomic E-state index is 11.9. The summed E-state index contributed by atoms with van der Waals surface area (Å²) in [6, 6.07) is 16.4. The molecule has 0 unspecified atom stereocenters. The van der Waals surface area contributed by atoms with E-state index in [1.165, 1.54) is 6.07 Å². The van der Waals surface area contributed by atoms with Crippen LogP contribution in [0.1, 0.15) is 0 Å². The second-order valence-corrected chi connectivity index (χ2v) is 7.77. The minimum absolute atomic E-state index is 0.00639. The Morgan fingerprint density at radius 3 is 2.35 bits per heavy atom. The molecule has 10 nitrogen and oxygen atoms in total. The Labute approximate surface area is 195 Å². The van der Waals surface area contributed by atoms with Gasteiger partial charge in [-0.25, -0.2) is 0 Å². The van der Waals surface area contributed by atoms with E-state index in [0.29, 0.717) is 30.2 Å². The van der Waals surface area contributed by atoms with Gasteiger partial charge >= 0.3 is 0 Å². The fourth-order valence-corrected chi connectivity index (χ4v) is 4.11. The Morgan fingerprint density at radius 2 is 1.65 bits per heavy atom. The van der Waals surface area contributed by atoms with Crippen LogP contribution >= 0.6 is 0 Å². The lowest BCUT2D eigenvalue weighted by atomic mass is 10.1. The molecule has 0 atom stereocenters. The number of rotatable bonds is 6. The molecule has 1 aliphatic rings. The SMILES string of the molecule is COc1ccccc1N1CCN(c2ccc(-c3nc(-c4ccncc4)no3)cc2[N+](=O)[O-])CC1. The lowest BCUT2D eigenvalue weighted by Gasteiger charge is -2.37. The molecule has 3 heterocycles. The van der Waals surface area contributed by atoms with Crippen LogP contribution in [0, 0.1) is 10.1 Å². The Bertz CT molecular complexity index is 1300. The number of anilines is 2. The molecule has 0 bridgehead atoms. The number of hydrogen-bond donors (Lipinski definition) is 0. The molecule has 5 rings (SSSR count). The molecule has 172 valence electrons. The van der Waals surface area contributed by atoms with Crippen LogP contribution < -0.4 is 14.5 Å². The first-order valence-corrected chi connectivity index (χ1v) is 10.8. The number of benzene rings is 2. The molecule has 4 aromatic rings. The number of nitrogens with zero attached hydrogens (tertiary/aromatic N) is 6. The second kappa shape index (κ2) is 9.18. The third-order valence-corrected chi connectivity index (χ3v) is 5.83. The summed E-state index contributed by atoms with van der Waals surface area (Å²) < 4.78 is 10.9. The Morgan fingerprint density at radius 1 is 0.941 bits per heavy atom. The number of hydrogen-bond acceptors (Lipinski definition) is 9. The van der Waals surface area contributed by atoms with Crippen molar-refractivity contribution < 1.29 is 14.2 Å². The fraction of sp³-hybridized carbons (Fsp3) is 0.208. The molecule has 0 N–H and O–H groups in total. The van der Waals surface area contributed by atoms with Gasteiger partial charge in [-0.05, 0) is 36.4 Å². The molecule has 1 saturated heterocycles. The molecule has 1 fully saturated rings. The number of methoxy groups -OCH3 is 1. The predicted octanol–water partition coefficient (Wildman–Crippen LogP) is 4.04. The van der Waals surface area contributed by atoms with Crippen LogP contribution in [0.15, 0.2) is 71.5 Å². The van der Waals surface area contributed by atoms with Gasteiger partial charge in [0.05, 0.1) is 17.7 Å². The predicted molar refractivity (Wildman–Crippen MR) is 127 cm³/mol. The molecule has 2 aromatic heterocycles. The highest BCUT2D eigenvalue weighted by Gasteiger charge is 2.26. The third-order valence-electron chi connectivity index (χ3n) is 5.83. The number of piperazine rings is 1. The zero-order valence-corrected chi connectivity index (χ0v) is 18.5. The largest absolute Gasteiger partial charge is 0.495 e. The Hall–Kier alpha value is -4.47. The van der Waals surface area contributed by atoms with Gasteiger partial charge in [0.1, 0.15) is 11.4 Å². The molecule has 34 heavy (non-hydrogen) atoms. The van der Waals surface area contributed by atoms with Gasteiger partial charge in [0, 0.05) is 55.8 Å². The van der Waals surface area contributed by atoms with Crippen molar-refractivity contribution >= 4 is 17.1 Å². The van der Waals surface area contributed by atoms with E-state index in [2.05, 4.69) is 20.0 Å². The smallest absolute Gasteiger partial charge is 0.293 e. The average molecular weight is 458 g/mol. The van der Waals surface area contributed by atoms with Crippen molar-refractivity contribution in [1.29, 1.82) is 0 Å². The number of pyridine rings is 1. The van der Waals surface area contributed by atoms with E-state index in [1.807, 2.05) is 29.2 Å². The number of para-hydroxylation sites is 2. The van der Waals surface area contributed by atoms with Crippen LogP contribution in [0.5, 0.6) is 5.75 Å². The van der Waals surface area contributed by atoms with Crippen molar-refractivity contribution in [2.45, 2.75) is 0 Å². The summed E-state index contributed by atoms with van der Waals surface area (Å²) in [6.45, 7) is 2.73. The minimum Gasteiger partial charge on any atom is -0.495 e. The van der Waals surface area contributed by atoms with Gasteiger partial charge in [-0.15, -0.1) is 0 Å². The summed E-state index contributed by atoms with van der Waals surface area (Å²) in [7, 11) is 1.66. The van der Waals surface area contributed by atoms with Gasteiger partial charge in [-0.3, -0.25) is 15.1 Å². The standard InChI is InChI=1S/C24H22N6O4/c1-33-22-5-3-2-4-20(22)29-14-12-28(13-15-29)19-7-6-18(16-21(19)30(31)32)24-26-23(27-34-24)17-8-10-25-11-9-17/h2-11,16H,12-15H2,1H3. The molecule has 10 heteroatoms. The highest BCUT2D eigenvalue weighted by molar-refractivity contribution is 5.72. The zero-order chi connectivity index (χ0) is 23.5. The van der Waals surface area contributed by atoms with Crippen LogP contribution in [0.25, 0.3) is 22.8 Å². The van der Waals surface area contributed by atoms with Crippen molar-refractivity contribution in [2.24, 2.45) is 0 Å². The number of nitro groups is 1. The van der Waals surface area contributed by atoms with E-state index in [1.54, 1.807) is 43.8 Å². The molecule has 0 amide bonds. The molecular formula is C24H22N6O4. The maximum Gasteiger partial charge on any atom is 0.293 e. The molecule has 0 radical (unpaired) electrons. The van der Waals surface area contributed by atoms with Crippen LogP contribution in [0.2, 0.25) is 0 Å². The summed E-state index contributed by atoms with van der Waals surface area (Å²) in [5, 5.41) is 15.9. The van der Waals surface area contributed by atoms with Gasteiger partial charge < -0.3 is 19.1 Å². The summed E-state index contributed by atoms with van der Waals surface area (Å²) >= 11 is 0. The van der Waals surface area contributed by atoms with Gasteiger partial charge in [0.25, 0.3) is 11.6 Å². The summed E-state index contributed by atoms with van der Waals surface area (Å²) in [4.78, 5) is 24.2. The lowest BCUT2D eigenvalue weighted by Crippen LogP contribution is -2.46. The number of nitro benzene ring substituents is 1. The summed E-state index contributed by atoms with van der Waals surface area (Å²) in [5.74, 6) is 1.44. The molecule has 0 saturated carbocycles. The number of aromatic nitrogens is 3. The zero-order valence-electron chi connectivity index (χ0n) is 18.5. The monoisotopic (exact) mass is 458 g/mol. The normalized spacial score (nSPS) is 13.7. The van der Waals surface area contributed by atoms with Crippen LogP contribution in [-0.2, 0) is 0 Å². The van der Waals surface area contributed by atoms with Crippen molar-refractivity contribution in [1.82, 2.24) is 15.1 Å². The topological polar surface area (TPSA) is 111 Å². The molecular weight excluding hydrogens is 436 g/mol. The minimum atomic E-state index is -0.369. The van der Waals surface area contributed by atoms with Crippen LogP contribution in [0.3, 0.4) is 0 Å². The summed E-state index contributed by atoms with van der Waals surface area (Å²) in [6.07, 6.45) is 3.28. The van der Waals surface area contributed by atoms with E-state index in [0.717, 1.165) is 30.1 Å². The van der Waals surface area contributed by atoms with E-state index < -0.39 is 0 Å². The van der Waals surface area contributed by atoms with Crippen molar-refractivity contribution in [2.75, 3.05) is 43.1 Å². The average Bonchev–Trinajstić information content (AvgIpc) is 3.39. The third kappa shape index (κ3) is 4.13. The van der Waals surface area contributed by atoms with Crippen molar-refractivity contribution in [3.63, 3.8) is 0 Å². The van der Waals surface area contributed by atoms with Crippen LogP contribution in [0.4, 0.5) is 17.1 Å². The van der Waals surface area contributed by atoms with Crippen molar-refractivity contribution in [3.8, 4) is 28.6 Å².